The number of fused-ring (bicyclic) bond motifs is 1. The molecule has 0 spiro atoms. The maximum atomic E-state index is 11.6. The molecule has 0 aliphatic rings. The number of aryl methyl sites for hydroxylation is 3. The minimum atomic E-state index is -0.919. The Bertz CT molecular complexity index is 1530. The predicted octanol–water partition coefficient (Wildman–Crippen LogP) is 6.11. The van der Waals surface area contributed by atoms with Crippen molar-refractivity contribution in [3.63, 3.8) is 0 Å². The molecular weight excluding hydrogens is 436 g/mol. The molecule has 0 fully saturated rings. The number of carboxylic acids is 1. The van der Waals surface area contributed by atoms with Gasteiger partial charge in [0, 0.05) is 31.8 Å². The molecule has 0 aliphatic heterocycles. The molecule has 2 aromatic heterocycles. The van der Waals surface area contributed by atoms with Crippen LogP contribution in [-0.2, 0) is 20.0 Å². The van der Waals surface area contributed by atoms with Gasteiger partial charge in [0.15, 0.2) is 0 Å². The van der Waals surface area contributed by atoms with Gasteiger partial charge in [0.25, 0.3) is 0 Å². The number of carboxylic acid groups (broad SMARTS) is 1. The highest BCUT2D eigenvalue weighted by Gasteiger charge is 2.16. The molecule has 0 atom stereocenters. The standard InChI is InChI=1S/C29H28N4O2/c1-4-7-27-31-28-19(2)14-22(25-17-32(3)18-30-25)15-26(28)33(27)16-20-10-12-21(13-11-20)23-8-5-6-9-24(23)29(34)35/h5-6,8-15,17-18H,4,7,16H2,1-3H3,(H,34,35). The monoisotopic (exact) mass is 464 g/mol. The second kappa shape index (κ2) is 9.22. The smallest absolute Gasteiger partial charge is 0.336 e. The first kappa shape index (κ1) is 22.6. The lowest BCUT2D eigenvalue weighted by molar-refractivity contribution is 0.0697. The Labute approximate surface area is 204 Å². The molecule has 6 heteroatoms. The number of benzene rings is 3. The predicted molar refractivity (Wildman–Crippen MR) is 139 cm³/mol. The summed E-state index contributed by atoms with van der Waals surface area (Å²) in [5, 5.41) is 9.55. The van der Waals surface area contributed by atoms with E-state index in [9.17, 15) is 9.90 Å². The summed E-state index contributed by atoms with van der Waals surface area (Å²) in [6, 6.07) is 19.6. The number of aromatic carboxylic acids is 1. The fraction of sp³-hybridized carbons (Fsp3) is 0.207. The molecule has 5 rings (SSSR count). The lowest BCUT2D eigenvalue weighted by atomic mass is 9.98. The Morgan fingerprint density at radius 2 is 1.80 bits per heavy atom. The van der Waals surface area contributed by atoms with Crippen LogP contribution in [-0.4, -0.2) is 30.2 Å². The van der Waals surface area contributed by atoms with Gasteiger partial charge in [-0.15, -0.1) is 0 Å². The average Bonchev–Trinajstić information content (AvgIpc) is 3.44. The van der Waals surface area contributed by atoms with E-state index in [1.807, 2.05) is 48.4 Å². The molecule has 0 bridgehead atoms. The third-order valence-corrected chi connectivity index (χ3v) is 6.36. The van der Waals surface area contributed by atoms with E-state index in [1.54, 1.807) is 12.1 Å². The van der Waals surface area contributed by atoms with Gasteiger partial charge >= 0.3 is 5.97 Å². The molecule has 0 unspecified atom stereocenters. The van der Waals surface area contributed by atoms with Crippen LogP contribution < -0.4 is 0 Å². The number of hydrogen-bond donors (Lipinski definition) is 1. The molecule has 5 aromatic rings. The molecule has 0 saturated carbocycles. The minimum Gasteiger partial charge on any atom is -0.478 e. The van der Waals surface area contributed by atoms with Crippen molar-refractivity contribution in [1.29, 1.82) is 0 Å². The summed E-state index contributed by atoms with van der Waals surface area (Å²) in [6.07, 6.45) is 5.76. The summed E-state index contributed by atoms with van der Waals surface area (Å²) in [4.78, 5) is 21.2. The second-order valence-corrected chi connectivity index (χ2v) is 9.00. The SMILES string of the molecule is CCCc1nc2c(C)cc(-c3cn(C)cn3)cc2n1Cc1ccc(-c2ccccc2C(=O)O)cc1. The third kappa shape index (κ3) is 4.35. The van der Waals surface area contributed by atoms with Crippen molar-refractivity contribution in [3.05, 3.63) is 95.7 Å². The van der Waals surface area contributed by atoms with Gasteiger partial charge in [-0.3, -0.25) is 0 Å². The second-order valence-electron chi connectivity index (χ2n) is 9.00. The maximum absolute atomic E-state index is 11.6. The van der Waals surface area contributed by atoms with Crippen molar-refractivity contribution in [1.82, 2.24) is 19.1 Å². The largest absolute Gasteiger partial charge is 0.478 e. The molecule has 35 heavy (non-hydrogen) atoms. The van der Waals surface area contributed by atoms with Crippen LogP contribution in [0.2, 0.25) is 0 Å². The first-order valence-corrected chi connectivity index (χ1v) is 11.8. The zero-order valence-corrected chi connectivity index (χ0v) is 20.2. The summed E-state index contributed by atoms with van der Waals surface area (Å²) in [5.74, 6) is 0.155. The molecule has 2 heterocycles. The van der Waals surface area contributed by atoms with E-state index < -0.39 is 5.97 Å². The fourth-order valence-corrected chi connectivity index (χ4v) is 4.63. The molecule has 3 aromatic carbocycles. The first-order chi connectivity index (χ1) is 16.9. The Morgan fingerprint density at radius 1 is 1.03 bits per heavy atom. The van der Waals surface area contributed by atoms with Gasteiger partial charge in [0.1, 0.15) is 5.82 Å². The molecule has 176 valence electrons. The van der Waals surface area contributed by atoms with Crippen LogP contribution in [0.1, 0.15) is 40.7 Å². The van der Waals surface area contributed by atoms with Crippen molar-refractivity contribution >= 4 is 17.0 Å². The summed E-state index contributed by atoms with van der Waals surface area (Å²) >= 11 is 0. The van der Waals surface area contributed by atoms with E-state index in [-0.39, 0.29) is 0 Å². The maximum Gasteiger partial charge on any atom is 0.336 e. The van der Waals surface area contributed by atoms with Gasteiger partial charge in [-0.1, -0.05) is 49.4 Å². The van der Waals surface area contributed by atoms with E-state index in [0.717, 1.165) is 63.2 Å². The topological polar surface area (TPSA) is 72.9 Å². The van der Waals surface area contributed by atoms with E-state index >= 15 is 0 Å². The summed E-state index contributed by atoms with van der Waals surface area (Å²) in [6.45, 7) is 4.97. The van der Waals surface area contributed by atoms with Crippen molar-refractivity contribution in [3.8, 4) is 22.4 Å². The molecule has 1 N–H and O–H groups in total. The van der Waals surface area contributed by atoms with Crippen LogP contribution in [0.4, 0.5) is 0 Å². The zero-order valence-electron chi connectivity index (χ0n) is 20.2. The van der Waals surface area contributed by atoms with Crippen LogP contribution in [0.25, 0.3) is 33.4 Å². The van der Waals surface area contributed by atoms with Gasteiger partial charge in [0.05, 0.1) is 28.6 Å². The van der Waals surface area contributed by atoms with Crippen molar-refractivity contribution in [2.24, 2.45) is 7.05 Å². The van der Waals surface area contributed by atoms with Gasteiger partial charge < -0.3 is 14.2 Å². The van der Waals surface area contributed by atoms with Crippen molar-refractivity contribution in [2.45, 2.75) is 33.2 Å². The van der Waals surface area contributed by atoms with E-state index in [1.165, 1.54) is 0 Å². The Balaban J connectivity index is 1.54. The molecule has 6 nitrogen and oxygen atoms in total. The molecule has 0 aliphatic carbocycles. The summed E-state index contributed by atoms with van der Waals surface area (Å²) in [5.41, 5.74) is 8.37. The van der Waals surface area contributed by atoms with E-state index in [2.05, 4.69) is 47.7 Å². The van der Waals surface area contributed by atoms with Crippen LogP contribution >= 0.6 is 0 Å². The highest BCUT2D eigenvalue weighted by Crippen LogP contribution is 2.29. The Kier molecular flexibility index (Phi) is 5.95. The number of hydrogen-bond acceptors (Lipinski definition) is 3. The quantitative estimate of drug-likeness (QED) is 0.315. The number of aromatic nitrogens is 4. The number of nitrogens with zero attached hydrogens (tertiary/aromatic N) is 4. The van der Waals surface area contributed by atoms with E-state index in [4.69, 9.17) is 4.98 Å². The first-order valence-electron chi connectivity index (χ1n) is 11.8. The normalized spacial score (nSPS) is 11.3. The lowest BCUT2D eigenvalue weighted by Crippen LogP contribution is -2.05. The van der Waals surface area contributed by atoms with Gasteiger partial charge in [-0.05, 0) is 53.8 Å². The van der Waals surface area contributed by atoms with Crippen LogP contribution in [0.15, 0.2) is 73.2 Å². The lowest BCUT2D eigenvalue weighted by Gasteiger charge is -2.12. The molecule has 0 amide bonds. The fourth-order valence-electron chi connectivity index (χ4n) is 4.63. The van der Waals surface area contributed by atoms with Gasteiger partial charge in [-0.2, -0.15) is 0 Å². The zero-order chi connectivity index (χ0) is 24.5. The third-order valence-electron chi connectivity index (χ3n) is 6.36. The number of imidazole rings is 2. The highest BCUT2D eigenvalue weighted by molar-refractivity contribution is 5.96. The summed E-state index contributed by atoms with van der Waals surface area (Å²) < 4.78 is 4.26. The minimum absolute atomic E-state index is 0.309. The molecule has 0 radical (unpaired) electrons. The molecular formula is C29H28N4O2. The number of carbonyl (C=O) groups is 1. The Hall–Kier alpha value is -4.19. The summed E-state index contributed by atoms with van der Waals surface area (Å²) in [7, 11) is 1.98. The van der Waals surface area contributed by atoms with Crippen molar-refractivity contribution in [2.75, 3.05) is 0 Å². The van der Waals surface area contributed by atoms with Crippen LogP contribution in [0, 0.1) is 6.92 Å². The van der Waals surface area contributed by atoms with Gasteiger partial charge in [0.2, 0.25) is 0 Å². The van der Waals surface area contributed by atoms with E-state index in [0.29, 0.717) is 12.1 Å². The average molecular weight is 465 g/mol. The number of rotatable bonds is 7. The Morgan fingerprint density at radius 3 is 2.49 bits per heavy atom. The van der Waals surface area contributed by atoms with Crippen LogP contribution in [0.5, 0.6) is 0 Å². The highest BCUT2D eigenvalue weighted by atomic mass is 16.4. The van der Waals surface area contributed by atoms with Gasteiger partial charge in [-0.25, -0.2) is 14.8 Å². The van der Waals surface area contributed by atoms with Crippen LogP contribution in [0.3, 0.4) is 0 Å². The van der Waals surface area contributed by atoms with Crippen molar-refractivity contribution < 1.29 is 9.90 Å². The molecule has 0 saturated heterocycles.